The van der Waals surface area contributed by atoms with E-state index in [4.69, 9.17) is 4.74 Å². The van der Waals surface area contributed by atoms with E-state index in [1.54, 1.807) is 0 Å². The number of thiophene rings is 1. The average Bonchev–Trinajstić information content (AvgIpc) is 3.24. The summed E-state index contributed by atoms with van der Waals surface area (Å²) in [7, 11) is 4.18. The van der Waals surface area contributed by atoms with Crippen molar-refractivity contribution >= 4 is 27.5 Å². The van der Waals surface area contributed by atoms with Crippen LogP contribution in [-0.2, 0) is 6.54 Å². The molecule has 0 amide bonds. The van der Waals surface area contributed by atoms with Gasteiger partial charge >= 0.3 is 5.97 Å². The van der Waals surface area contributed by atoms with Gasteiger partial charge in [0.15, 0.2) is 0 Å². The van der Waals surface area contributed by atoms with E-state index in [0.29, 0.717) is 17.4 Å². The van der Waals surface area contributed by atoms with Gasteiger partial charge in [0.05, 0.1) is 22.0 Å². The second kappa shape index (κ2) is 7.99. The molecule has 0 unspecified atom stereocenters. The number of ether oxygens (including phenoxy) is 1. The largest absolute Gasteiger partial charge is 0.491 e. The van der Waals surface area contributed by atoms with Crippen molar-refractivity contribution in [1.29, 1.82) is 0 Å². The van der Waals surface area contributed by atoms with Gasteiger partial charge in [0, 0.05) is 12.1 Å². The van der Waals surface area contributed by atoms with Gasteiger partial charge in [-0.3, -0.25) is 0 Å². The number of rotatable bonds is 3. The van der Waals surface area contributed by atoms with E-state index in [-0.39, 0.29) is 6.04 Å². The molecule has 164 valence electrons. The molecule has 1 aliphatic heterocycles. The minimum absolute atomic E-state index is 0.203. The average molecular weight is 439 g/mol. The Morgan fingerprint density at radius 2 is 1.94 bits per heavy atom. The van der Waals surface area contributed by atoms with E-state index in [1.807, 2.05) is 13.0 Å². The highest BCUT2D eigenvalue weighted by molar-refractivity contribution is 7.21. The van der Waals surface area contributed by atoms with Gasteiger partial charge in [0.2, 0.25) is 0 Å². The number of nitrogens with zero attached hydrogens (tertiary/aromatic N) is 2. The molecule has 2 aliphatic rings. The van der Waals surface area contributed by atoms with Crippen LogP contribution in [0, 0.1) is 6.92 Å². The Morgan fingerprint density at radius 1 is 1.19 bits per heavy atom. The van der Waals surface area contributed by atoms with Gasteiger partial charge in [0.1, 0.15) is 17.2 Å². The predicted molar refractivity (Wildman–Crippen MR) is 126 cm³/mol. The van der Waals surface area contributed by atoms with Crippen molar-refractivity contribution in [1.82, 2.24) is 9.47 Å². The smallest absolute Gasteiger partial charge is 0.346 e. The number of aryl methyl sites for hydroxylation is 1. The first-order valence-corrected chi connectivity index (χ1v) is 12.1. The molecular weight excluding hydrogens is 408 g/mol. The molecule has 1 aliphatic carbocycles. The van der Waals surface area contributed by atoms with Crippen LogP contribution in [0.1, 0.15) is 58.8 Å². The number of hydrogen-bond donors (Lipinski definition) is 1. The zero-order valence-electron chi connectivity index (χ0n) is 18.5. The van der Waals surface area contributed by atoms with E-state index in [0.717, 1.165) is 28.9 Å². The number of carboxylic acid groups (broad SMARTS) is 1. The lowest BCUT2D eigenvalue weighted by atomic mass is 9.83. The molecule has 0 radical (unpaired) electrons. The summed E-state index contributed by atoms with van der Waals surface area (Å²) in [5.41, 5.74) is 5.75. The monoisotopic (exact) mass is 438 g/mol. The van der Waals surface area contributed by atoms with Crippen molar-refractivity contribution in [2.24, 2.45) is 0 Å². The zero-order valence-corrected chi connectivity index (χ0v) is 19.3. The molecule has 5 rings (SSSR count). The molecule has 1 fully saturated rings. The first-order valence-electron chi connectivity index (χ1n) is 11.2. The normalized spacial score (nSPS) is 19.5. The Morgan fingerprint density at radius 3 is 2.65 bits per heavy atom. The lowest BCUT2D eigenvalue weighted by molar-refractivity contribution is 0.0701. The Hall–Kier alpha value is -2.31. The molecule has 31 heavy (non-hydrogen) atoms. The van der Waals surface area contributed by atoms with Crippen molar-refractivity contribution in [3.63, 3.8) is 0 Å². The van der Waals surface area contributed by atoms with E-state index in [9.17, 15) is 9.90 Å². The van der Waals surface area contributed by atoms with E-state index < -0.39 is 5.97 Å². The lowest BCUT2D eigenvalue weighted by Gasteiger charge is -2.31. The molecule has 1 aromatic carbocycles. The summed E-state index contributed by atoms with van der Waals surface area (Å²) < 4.78 is 9.91. The number of aromatic carboxylic acids is 1. The van der Waals surface area contributed by atoms with E-state index in [2.05, 4.69) is 41.8 Å². The summed E-state index contributed by atoms with van der Waals surface area (Å²) in [5.74, 6) is 0.576. The summed E-state index contributed by atoms with van der Waals surface area (Å²) >= 11 is 1.47. The molecular formula is C25H30N2O3S. The van der Waals surface area contributed by atoms with Crippen LogP contribution in [0.25, 0.3) is 21.5 Å². The Bertz CT molecular complexity index is 1140. The minimum atomic E-state index is -0.818. The third-order valence-corrected chi connectivity index (χ3v) is 8.36. The summed E-state index contributed by atoms with van der Waals surface area (Å²) in [6, 6.07) is 8.56. The molecule has 3 heterocycles. The van der Waals surface area contributed by atoms with Gasteiger partial charge in [0.25, 0.3) is 0 Å². The number of benzene rings is 1. The van der Waals surface area contributed by atoms with Crippen LogP contribution < -0.4 is 4.74 Å². The number of carbonyl (C=O) groups is 1. The van der Waals surface area contributed by atoms with Crippen molar-refractivity contribution in [2.45, 2.75) is 57.5 Å². The SMILES string of the molecule is Cc1c(C(=O)O)sc2c(C3CCCCC3)c3n(c12)C[C@@H](N(C)C)COc1ccccc1-3. The van der Waals surface area contributed by atoms with Gasteiger partial charge in [-0.25, -0.2) is 4.79 Å². The summed E-state index contributed by atoms with van der Waals surface area (Å²) in [5, 5.41) is 9.86. The molecule has 0 spiro atoms. The lowest BCUT2D eigenvalue weighted by Crippen LogP contribution is -2.38. The quantitative estimate of drug-likeness (QED) is 0.566. The third kappa shape index (κ3) is 3.37. The Labute approximate surface area is 187 Å². The highest BCUT2D eigenvalue weighted by Gasteiger charge is 2.33. The predicted octanol–water partition coefficient (Wildman–Crippen LogP) is 5.75. The van der Waals surface area contributed by atoms with Crippen LogP contribution >= 0.6 is 11.3 Å². The van der Waals surface area contributed by atoms with Crippen LogP contribution in [0.4, 0.5) is 0 Å². The van der Waals surface area contributed by atoms with Crippen LogP contribution in [0.2, 0.25) is 0 Å². The second-order valence-electron chi connectivity index (χ2n) is 9.17. The summed E-state index contributed by atoms with van der Waals surface area (Å²) in [6.07, 6.45) is 6.12. The first-order chi connectivity index (χ1) is 15.0. The molecule has 1 saturated carbocycles. The highest BCUT2D eigenvalue weighted by Crippen LogP contribution is 2.50. The summed E-state index contributed by atoms with van der Waals surface area (Å²) in [4.78, 5) is 14.7. The standard InChI is InChI=1S/C25H30N2O3S/c1-15-21-24(31-23(15)25(28)29)20(16-9-5-4-6-10-16)22-18-11-7-8-12-19(18)30-14-17(26(2)3)13-27(21)22/h7-8,11-12,16-17H,4-6,9-10,13-14H2,1-3H3,(H,28,29)/t17-/m1/s1. The Kier molecular flexibility index (Phi) is 5.30. The molecule has 0 saturated heterocycles. The number of para-hydroxylation sites is 1. The minimum Gasteiger partial charge on any atom is -0.491 e. The van der Waals surface area contributed by atoms with Gasteiger partial charge in [-0.15, -0.1) is 11.3 Å². The van der Waals surface area contributed by atoms with E-state index >= 15 is 0 Å². The fourth-order valence-electron chi connectivity index (χ4n) is 5.37. The number of fused-ring (bicyclic) bond motifs is 5. The maximum atomic E-state index is 12.0. The molecule has 1 N–H and O–H groups in total. The maximum absolute atomic E-state index is 12.0. The number of carboxylic acids is 1. The van der Waals surface area contributed by atoms with Gasteiger partial charge in [-0.2, -0.15) is 0 Å². The third-order valence-electron chi connectivity index (χ3n) is 7.06. The van der Waals surface area contributed by atoms with Crippen molar-refractivity contribution in [2.75, 3.05) is 20.7 Å². The molecule has 0 bridgehead atoms. The number of aromatic nitrogens is 1. The maximum Gasteiger partial charge on any atom is 0.346 e. The molecule has 3 aromatic rings. The molecule has 5 nitrogen and oxygen atoms in total. The van der Waals surface area contributed by atoms with Gasteiger partial charge in [-0.1, -0.05) is 31.4 Å². The molecule has 6 heteroatoms. The van der Waals surface area contributed by atoms with Crippen molar-refractivity contribution < 1.29 is 14.6 Å². The topological polar surface area (TPSA) is 54.7 Å². The number of likely N-dealkylation sites (N-methyl/N-ethyl adjacent to an activating group) is 1. The second-order valence-corrected chi connectivity index (χ2v) is 10.2. The number of hydrogen-bond acceptors (Lipinski definition) is 4. The van der Waals surface area contributed by atoms with Gasteiger partial charge in [-0.05, 0) is 63.0 Å². The fourth-order valence-corrected chi connectivity index (χ4v) is 6.65. The van der Waals surface area contributed by atoms with Crippen LogP contribution in [0.15, 0.2) is 24.3 Å². The van der Waals surface area contributed by atoms with Crippen LogP contribution in [0.5, 0.6) is 5.75 Å². The first kappa shape index (κ1) is 20.6. The molecule has 1 atom stereocenters. The van der Waals surface area contributed by atoms with Crippen LogP contribution in [-0.4, -0.2) is 47.3 Å². The van der Waals surface area contributed by atoms with Crippen LogP contribution in [0.3, 0.4) is 0 Å². The van der Waals surface area contributed by atoms with Crippen molar-refractivity contribution in [3.8, 4) is 17.0 Å². The fraction of sp³-hybridized carbons (Fsp3) is 0.480. The van der Waals surface area contributed by atoms with Gasteiger partial charge < -0.3 is 19.3 Å². The van der Waals surface area contributed by atoms with Crippen molar-refractivity contribution in [3.05, 3.63) is 40.3 Å². The zero-order chi connectivity index (χ0) is 21.7. The van der Waals surface area contributed by atoms with E-state index in [1.165, 1.54) is 59.4 Å². The summed E-state index contributed by atoms with van der Waals surface area (Å²) in [6.45, 7) is 3.37. The Balaban J connectivity index is 1.86. The highest BCUT2D eigenvalue weighted by atomic mass is 32.1. The molecule has 2 aromatic heterocycles.